The van der Waals surface area contributed by atoms with Crippen LogP contribution in [-0.4, -0.2) is 40.4 Å². The summed E-state index contributed by atoms with van der Waals surface area (Å²) in [7, 11) is 1.26. The van der Waals surface area contributed by atoms with E-state index in [0.717, 1.165) is 6.07 Å². The van der Waals surface area contributed by atoms with Crippen LogP contribution >= 0.6 is 0 Å². The van der Waals surface area contributed by atoms with Crippen LogP contribution in [0.4, 0.5) is 14.5 Å². The normalized spacial score (nSPS) is 22.7. The Morgan fingerprint density at radius 1 is 1.16 bits per heavy atom. The second-order valence-electron chi connectivity index (χ2n) is 7.68. The Hall–Kier alpha value is -3.40. The summed E-state index contributed by atoms with van der Waals surface area (Å²) in [4.78, 5) is 17.3. The van der Waals surface area contributed by atoms with Crippen molar-refractivity contribution in [2.75, 3.05) is 12.4 Å². The predicted octanol–water partition coefficient (Wildman–Crippen LogP) is 3.87. The van der Waals surface area contributed by atoms with Crippen LogP contribution in [0, 0.1) is 24.5 Å². The fraction of sp³-hybridized carbons (Fsp3) is 0.364. The fourth-order valence-corrected chi connectivity index (χ4v) is 3.90. The van der Waals surface area contributed by atoms with E-state index in [4.69, 9.17) is 13.9 Å². The molecule has 168 valence electrons. The van der Waals surface area contributed by atoms with Crippen molar-refractivity contribution in [1.82, 2.24) is 15.2 Å². The molecule has 0 radical (unpaired) electrons. The summed E-state index contributed by atoms with van der Waals surface area (Å²) in [6, 6.07) is 5.75. The van der Waals surface area contributed by atoms with Crippen molar-refractivity contribution in [3.63, 3.8) is 0 Å². The lowest BCUT2D eigenvalue weighted by Crippen LogP contribution is -2.32. The molecule has 0 aliphatic carbocycles. The third-order valence-corrected chi connectivity index (χ3v) is 5.67. The number of hydrogen-bond acceptors (Lipinski definition) is 7. The molecule has 1 saturated heterocycles. The summed E-state index contributed by atoms with van der Waals surface area (Å²) in [5.41, 5.74) is 1.28. The number of methoxy groups -OCH3 is 1. The molecule has 1 aromatic carbocycles. The Morgan fingerprint density at radius 3 is 2.56 bits per heavy atom. The van der Waals surface area contributed by atoms with E-state index in [1.165, 1.54) is 19.4 Å². The Labute approximate surface area is 183 Å². The van der Waals surface area contributed by atoms with Crippen molar-refractivity contribution >= 4 is 11.6 Å². The third kappa shape index (κ3) is 3.93. The second kappa shape index (κ2) is 8.62. The first-order valence-corrected chi connectivity index (χ1v) is 10.0. The number of carbonyl (C=O) groups is 1. The highest BCUT2D eigenvalue weighted by Gasteiger charge is 2.46. The van der Waals surface area contributed by atoms with Gasteiger partial charge in [0.2, 0.25) is 11.7 Å². The Bertz CT molecular complexity index is 1140. The van der Waals surface area contributed by atoms with Crippen LogP contribution in [0.3, 0.4) is 0 Å². The van der Waals surface area contributed by atoms with Gasteiger partial charge in [-0.1, -0.05) is 13.0 Å². The fourth-order valence-electron chi connectivity index (χ4n) is 3.90. The van der Waals surface area contributed by atoms with Crippen molar-refractivity contribution in [1.29, 1.82) is 0 Å². The van der Waals surface area contributed by atoms with E-state index < -0.39 is 29.6 Å². The molecule has 0 spiro atoms. The van der Waals surface area contributed by atoms with E-state index in [0.29, 0.717) is 22.8 Å². The number of pyridine rings is 1. The number of hydrogen-bond donors (Lipinski definition) is 1. The van der Waals surface area contributed by atoms with Crippen molar-refractivity contribution < 1.29 is 27.5 Å². The summed E-state index contributed by atoms with van der Waals surface area (Å²) < 4.78 is 44.4. The van der Waals surface area contributed by atoms with E-state index in [1.807, 2.05) is 13.8 Å². The average molecular weight is 444 g/mol. The van der Waals surface area contributed by atoms with Crippen LogP contribution in [0.25, 0.3) is 11.6 Å². The number of halogens is 2. The minimum absolute atomic E-state index is 0.147. The van der Waals surface area contributed by atoms with Gasteiger partial charge in [0.05, 0.1) is 25.1 Å². The van der Waals surface area contributed by atoms with Gasteiger partial charge in [0, 0.05) is 18.4 Å². The molecule has 1 aliphatic rings. The zero-order chi connectivity index (χ0) is 23.0. The Kier molecular flexibility index (Phi) is 5.88. The number of benzene rings is 1. The van der Waals surface area contributed by atoms with E-state index in [-0.39, 0.29) is 23.7 Å². The highest BCUT2D eigenvalue weighted by atomic mass is 19.2. The number of nitrogens with one attached hydrogen (secondary N) is 1. The molecule has 4 atom stereocenters. The summed E-state index contributed by atoms with van der Waals surface area (Å²) in [6.45, 7) is 5.40. The smallest absolute Gasteiger partial charge is 0.266 e. The number of anilines is 1. The maximum atomic E-state index is 14.3. The first-order valence-electron chi connectivity index (χ1n) is 10.0. The average Bonchev–Trinajstić information content (AvgIpc) is 3.34. The van der Waals surface area contributed by atoms with Gasteiger partial charge in [-0.15, -0.1) is 10.2 Å². The number of amides is 1. The number of aryl methyl sites for hydroxylation is 1. The number of nitrogens with zero attached hydrogens (tertiary/aromatic N) is 3. The van der Waals surface area contributed by atoms with Gasteiger partial charge in [0.15, 0.2) is 11.6 Å². The standard InChI is InChI=1S/C22H22F2N4O4/c1-10-11(2)31-20(17(10)14-6-7-15(23)18(24)19(14)30-4)21(29)26-13-5-8-16(25-9-13)22-28-27-12(3)32-22/h5-11,17,20H,1-4H3,(H,26,29)/t10-,11-,17+,20-/m1/s1. The van der Waals surface area contributed by atoms with Crippen LogP contribution in [0.15, 0.2) is 34.9 Å². The van der Waals surface area contributed by atoms with E-state index in [9.17, 15) is 13.6 Å². The second-order valence-corrected chi connectivity index (χ2v) is 7.68. The quantitative estimate of drug-likeness (QED) is 0.638. The van der Waals surface area contributed by atoms with Gasteiger partial charge < -0.3 is 19.2 Å². The lowest BCUT2D eigenvalue weighted by Gasteiger charge is -2.23. The van der Waals surface area contributed by atoms with Crippen LogP contribution < -0.4 is 10.1 Å². The molecule has 0 saturated carbocycles. The molecule has 1 amide bonds. The van der Waals surface area contributed by atoms with Crippen LogP contribution in [0.1, 0.15) is 31.2 Å². The molecular weight excluding hydrogens is 422 g/mol. The number of ether oxygens (including phenoxy) is 2. The molecule has 0 bridgehead atoms. The lowest BCUT2D eigenvalue weighted by atomic mass is 9.82. The van der Waals surface area contributed by atoms with Crippen LogP contribution in [0.2, 0.25) is 0 Å². The largest absolute Gasteiger partial charge is 0.493 e. The Morgan fingerprint density at radius 2 is 1.94 bits per heavy atom. The minimum Gasteiger partial charge on any atom is -0.493 e. The molecular formula is C22H22F2N4O4. The summed E-state index contributed by atoms with van der Waals surface area (Å²) in [5.74, 6) is -2.76. The molecule has 10 heteroatoms. The maximum Gasteiger partial charge on any atom is 0.266 e. The highest BCUT2D eigenvalue weighted by molar-refractivity contribution is 5.95. The molecule has 8 nitrogen and oxygen atoms in total. The van der Waals surface area contributed by atoms with Gasteiger partial charge in [0.25, 0.3) is 11.8 Å². The topological polar surface area (TPSA) is 99.4 Å². The van der Waals surface area contributed by atoms with E-state index >= 15 is 0 Å². The maximum absolute atomic E-state index is 14.3. The highest BCUT2D eigenvalue weighted by Crippen LogP contribution is 2.44. The third-order valence-electron chi connectivity index (χ3n) is 5.67. The van der Waals surface area contributed by atoms with Crippen LogP contribution in [0.5, 0.6) is 5.75 Å². The molecule has 32 heavy (non-hydrogen) atoms. The zero-order valence-electron chi connectivity index (χ0n) is 17.9. The molecule has 1 N–H and O–H groups in total. The molecule has 3 heterocycles. The summed E-state index contributed by atoms with van der Waals surface area (Å²) in [6.07, 6.45) is 0.244. The molecule has 1 fully saturated rings. The van der Waals surface area contributed by atoms with Crippen molar-refractivity contribution in [2.45, 2.75) is 38.9 Å². The lowest BCUT2D eigenvalue weighted by molar-refractivity contribution is -0.127. The first kappa shape index (κ1) is 21.8. The molecule has 2 aromatic heterocycles. The van der Waals surface area contributed by atoms with Crippen molar-refractivity contribution in [3.8, 4) is 17.3 Å². The van der Waals surface area contributed by atoms with E-state index in [2.05, 4.69) is 20.5 Å². The van der Waals surface area contributed by atoms with Gasteiger partial charge in [-0.25, -0.2) is 9.37 Å². The van der Waals surface area contributed by atoms with Gasteiger partial charge in [-0.05, 0) is 31.0 Å². The SMILES string of the molecule is COc1c([C@@H]2[C@H](C)[C@@H](C)O[C@H]2C(=O)Nc2ccc(-c3nnc(C)o3)nc2)ccc(F)c1F. The van der Waals surface area contributed by atoms with Crippen LogP contribution in [-0.2, 0) is 9.53 Å². The number of rotatable bonds is 5. The van der Waals surface area contributed by atoms with Gasteiger partial charge in [0.1, 0.15) is 11.8 Å². The molecule has 4 rings (SSSR count). The van der Waals surface area contributed by atoms with E-state index in [1.54, 1.807) is 19.1 Å². The monoisotopic (exact) mass is 444 g/mol. The molecule has 3 aromatic rings. The predicted molar refractivity (Wildman–Crippen MR) is 110 cm³/mol. The van der Waals surface area contributed by atoms with Gasteiger partial charge >= 0.3 is 0 Å². The molecule has 1 aliphatic heterocycles. The first-order chi connectivity index (χ1) is 15.3. The van der Waals surface area contributed by atoms with Crippen molar-refractivity contribution in [3.05, 3.63) is 53.6 Å². The molecule has 0 unspecified atom stereocenters. The van der Waals surface area contributed by atoms with Gasteiger partial charge in [-0.2, -0.15) is 4.39 Å². The number of carbonyl (C=O) groups excluding carboxylic acids is 1. The van der Waals surface area contributed by atoms with Gasteiger partial charge in [-0.3, -0.25) is 4.79 Å². The zero-order valence-corrected chi connectivity index (χ0v) is 17.9. The Balaban J connectivity index is 1.58. The number of aromatic nitrogens is 3. The summed E-state index contributed by atoms with van der Waals surface area (Å²) in [5, 5.41) is 10.4. The van der Waals surface area contributed by atoms with Crippen molar-refractivity contribution in [2.24, 2.45) is 5.92 Å². The summed E-state index contributed by atoms with van der Waals surface area (Å²) >= 11 is 0. The minimum atomic E-state index is -1.09.